The molecule has 0 bridgehead atoms. The number of nitrogens with one attached hydrogen (secondary N) is 2. The number of nitrogens with zero attached hydrogens (tertiary/aromatic N) is 1. The second kappa shape index (κ2) is 6.39. The number of rotatable bonds is 4. The molecule has 1 aliphatic rings. The van der Waals surface area contributed by atoms with E-state index in [-0.39, 0.29) is 5.91 Å². The van der Waals surface area contributed by atoms with Crippen LogP contribution in [0, 0.1) is 0 Å². The lowest BCUT2D eigenvalue weighted by atomic mass is 10.0. The van der Waals surface area contributed by atoms with E-state index in [1.165, 1.54) is 5.56 Å². The summed E-state index contributed by atoms with van der Waals surface area (Å²) in [7, 11) is 0. The number of fused-ring (bicyclic) bond motifs is 1. The molecule has 4 heteroatoms. The van der Waals surface area contributed by atoms with E-state index in [0.717, 1.165) is 42.8 Å². The summed E-state index contributed by atoms with van der Waals surface area (Å²) in [6, 6.07) is 11.7. The molecule has 4 nitrogen and oxygen atoms in total. The van der Waals surface area contributed by atoms with Gasteiger partial charge in [-0.1, -0.05) is 6.07 Å². The van der Waals surface area contributed by atoms with Gasteiger partial charge in [-0.05, 0) is 48.7 Å². The van der Waals surface area contributed by atoms with Gasteiger partial charge in [0.15, 0.2) is 0 Å². The Labute approximate surface area is 124 Å². The zero-order valence-electron chi connectivity index (χ0n) is 11.9. The van der Waals surface area contributed by atoms with Crippen LogP contribution in [-0.4, -0.2) is 24.0 Å². The highest BCUT2D eigenvalue weighted by molar-refractivity contribution is 5.94. The van der Waals surface area contributed by atoms with Gasteiger partial charge >= 0.3 is 0 Å². The van der Waals surface area contributed by atoms with Gasteiger partial charge in [-0.3, -0.25) is 9.78 Å². The fourth-order valence-corrected chi connectivity index (χ4v) is 2.57. The predicted molar refractivity (Wildman–Crippen MR) is 83.5 cm³/mol. The summed E-state index contributed by atoms with van der Waals surface area (Å²) in [5.41, 5.74) is 4.12. The van der Waals surface area contributed by atoms with Crippen LogP contribution >= 0.6 is 0 Å². The lowest BCUT2D eigenvalue weighted by Crippen LogP contribution is -2.26. The number of pyridine rings is 1. The average Bonchev–Trinajstić information content (AvgIpc) is 2.55. The number of anilines is 1. The minimum absolute atomic E-state index is 0.0145. The van der Waals surface area contributed by atoms with Crippen LogP contribution in [0.4, 0.5) is 5.69 Å². The van der Waals surface area contributed by atoms with E-state index >= 15 is 0 Å². The van der Waals surface area contributed by atoms with Crippen LogP contribution in [0.15, 0.2) is 42.6 Å². The molecule has 2 aromatic rings. The van der Waals surface area contributed by atoms with Gasteiger partial charge in [0.2, 0.25) is 0 Å². The van der Waals surface area contributed by atoms with E-state index in [0.29, 0.717) is 6.54 Å². The first-order chi connectivity index (χ1) is 10.3. The fraction of sp³-hybridized carbons (Fsp3) is 0.294. The largest absolute Gasteiger partial charge is 0.385 e. The third kappa shape index (κ3) is 3.40. The zero-order valence-corrected chi connectivity index (χ0v) is 11.9. The molecule has 0 spiro atoms. The summed E-state index contributed by atoms with van der Waals surface area (Å²) < 4.78 is 0. The fourth-order valence-electron chi connectivity index (χ4n) is 2.57. The number of hydrogen-bond donors (Lipinski definition) is 2. The average molecular weight is 281 g/mol. The Balaban J connectivity index is 1.58. The van der Waals surface area contributed by atoms with Crippen molar-refractivity contribution in [3.8, 4) is 0 Å². The molecule has 21 heavy (non-hydrogen) atoms. The van der Waals surface area contributed by atoms with Gasteiger partial charge in [-0.25, -0.2) is 0 Å². The van der Waals surface area contributed by atoms with Crippen molar-refractivity contribution in [2.75, 3.05) is 18.4 Å². The van der Waals surface area contributed by atoms with Gasteiger partial charge in [0, 0.05) is 42.7 Å². The summed E-state index contributed by atoms with van der Waals surface area (Å²) in [5, 5.41) is 6.31. The highest BCUT2D eigenvalue weighted by Gasteiger charge is 2.12. The maximum atomic E-state index is 12.2. The molecule has 0 unspecified atom stereocenters. The number of carbonyl (C=O) groups excluding carboxylic acids is 1. The molecule has 0 radical (unpaired) electrons. The van der Waals surface area contributed by atoms with Gasteiger partial charge < -0.3 is 10.6 Å². The van der Waals surface area contributed by atoms with Gasteiger partial charge in [0.25, 0.3) is 5.91 Å². The van der Waals surface area contributed by atoms with Gasteiger partial charge in [-0.15, -0.1) is 0 Å². The number of amides is 1. The molecular formula is C17H19N3O. The summed E-state index contributed by atoms with van der Waals surface area (Å²) >= 11 is 0. The minimum atomic E-state index is -0.0145. The monoisotopic (exact) mass is 281 g/mol. The molecule has 108 valence electrons. The smallest absolute Gasteiger partial charge is 0.251 e. The van der Waals surface area contributed by atoms with Crippen LogP contribution in [0.3, 0.4) is 0 Å². The summed E-state index contributed by atoms with van der Waals surface area (Å²) in [6.45, 7) is 1.62. The quantitative estimate of drug-likeness (QED) is 0.905. The Morgan fingerprint density at radius 3 is 3.10 bits per heavy atom. The van der Waals surface area contributed by atoms with E-state index in [1.54, 1.807) is 6.20 Å². The Hall–Kier alpha value is -2.36. The van der Waals surface area contributed by atoms with Gasteiger partial charge in [0.05, 0.1) is 0 Å². The standard InChI is InChI=1S/C17H19N3O/c21-17(20-11-8-15-5-1-2-9-18-15)14-6-7-16-13(12-14)4-3-10-19-16/h1-2,5-7,9,12,19H,3-4,8,10-11H2,(H,20,21). The molecule has 2 heterocycles. The molecule has 2 N–H and O–H groups in total. The third-order valence-corrected chi connectivity index (χ3v) is 3.70. The van der Waals surface area contributed by atoms with Gasteiger partial charge in [0.1, 0.15) is 0 Å². The van der Waals surface area contributed by atoms with Crippen molar-refractivity contribution in [2.45, 2.75) is 19.3 Å². The molecule has 1 aromatic heterocycles. The van der Waals surface area contributed by atoms with Crippen molar-refractivity contribution in [3.63, 3.8) is 0 Å². The van der Waals surface area contributed by atoms with Gasteiger partial charge in [-0.2, -0.15) is 0 Å². The Bertz CT molecular complexity index is 625. The molecule has 0 saturated heterocycles. The SMILES string of the molecule is O=C(NCCc1ccccn1)c1ccc2c(c1)CCCN2. The molecular weight excluding hydrogens is 262 g/mol. The maximum Gasteiger partial charge on any atom is 0.251 e. The second-order valence-corrected chi connectivity index (χ2v) is 5.23. The van der Waals surface area contributed by atoms with E-state index in [4.69, 9.17) is 0 Å². The number of carbonyl (C=O) groups is 1. The minimum Gasteiger partial charge on any atom is -0.385 e. The highest BCUT2D eigenvalue weighted by Crippen LogP contribution is 2.22. The van der Waals surface area contributed by atoms with Crippen LogP contribution in [0.1, 0.15) is 28.0 Å². The number of hydrogen-bond acceptors (Lipinski definition) is 3. The molecule has 1 aromatic carbocycles. The topological polar surface area (TPSA) is 54.0 Å². The van der Waals surface area contributed by atoms with E-state index in [9.17, 15) is 4.79 Å². The molecule has 0 atom stereocenters. The lowest BCUT2D eigenvalue weighted by Gasteiger charge is -2.18. The first-order valence-electron chi connectivity index (χ1n) is 7.38. The Morgan fingerprint density at radius 2 is 2.24 bits per heavy atom. The maximum absolute atomic E-state index is 12.2. The first-order valence-corrected chi connectivity index (χ1v) is 7.38. The third-order valence-electron chi connectivity index (χ3n) is 3.70. The number of aromatic nitrogens is 1. The zero-order chi connectivity index (χ0) is 14.5. The summed E-state index contributed by atoms with van der Waals surface area (Å²) in [4.78, 5) is 16.4. The van der Waals surface area contributed by atoms with E-state index < -0.39 is 0 Å². The van der Waals surface area contributed by atoms with Crippen molar-refractivity contribution < 1.29 is 4.79 Å². The normalized spacial score (nSPS) is 13.1. The number of aryl methyl sites for hydroxylation is 1. The Kier molecular flexibility index (Phi) is 4.15. The summed E-state index contributed by atoms with van der Waals surface area (Å²) in [6.07, 6.45) is 4.68. The van der Waals surface area contributed by atoms with Crippen molar-refractivity contribution in [2.24, 2.45) is 0 Å². The van der Waals surface area contributed by atoms with E-state index in [1.807, 2.05) is 36.4 Å². The van der Waals surface area contributed by atoms with Crippen molar-refractivity contribution >= 4 is 11.6 Å². The number of benzene rings is 1. The lowest BCUT2D eigenvalue weighted by molar-refractivity contribution is 0.0954. The molecule has 0 aliphatic carbocycles. The summed E-state index contributed by atoms with van der Waals surface area (Å²) in [5.74, 6) is -0.0145. The van der Waals surface area contributed by atoms with Crippen LogP contribution in [0.5, 0.6) is 0 Å². The molecule has 1 amide bonds. The van der Waals surface area contributed by atoms with Crippen LogP contribution in [-0.2, 0) is 12.8 Å². The molecule has 0 fully saturated rings. The second-order valence-electron chi connectivity index (χ2n) is 5.23. The van der Waals surface area contributed by atoms with Crippen LogP contribution in [0.2, 0.25) is 0 Å². The van der Waals surface area contributed by atoms with Crippen molar-refractivity contribution in [3.05, 3.63) is 59.4 Å². The first kappa shape index (κ1) is 13.6. The van der Waals surface area contributed by atoms with Crippen LogP contribution < -0.4 is 10.6 Å². The molecule has 0 saturated carbocycles. The van der Waals surface area contributed by atoms with Crippen molar-refractivity contribution in [1.29, 1.82) is 0 Å². The van der Waals surface area contributed by atoms with E-state index in [2.05, 4.69) is 15.6 Å². The molecule has 3 rings (SSSR count). The Morgan fingerprint density at radius 1 is 1.29 bits per heavy atom. The molecule has 1 aliphatic heterocycles. The highest BCUT2D eigenvalue weighted by atomic mass is 16.1. The van der Waals surface area contributed by atoms with Crippen LogP contribution in [0.25, 0.3) is 0 Å². The predicted octanol–water partition coefficient (Wildman–Crippen LogP) is 2.41. The van der Waals surface area contributed by atoms with Crippen molar-refractivity contribution in [1.82, 2.24) is 10.3 Å².